The molecule has 38 nitrogen and oxygen atoms in total. The summed E-state index contributed by atoms with van der Waals surface area (Å²) in [4.78, 5) is 216. The smallest absolute Gasteiger partial charge is 0.290 e. The zero-order chi connectivity index (χ0) is 91.3. The highest BCUT2D eigenvalue weighted by atomic mass is 16.3. The van der Waals surface area contributed by atoms with Crippen LogP contribution in [0.2, 0.25) is 0 Å². The van der Waals surface area contributed by atoms with Crippen LogP contribution in [0.1, 0.15) is 198 Å². The minimum atomic E-state index is -1.96. The fourth-order valence-electron chi connectivity index (χ4n) is 14.7. The van der Waals surface area contributed by atoms with Crippen LogP contribution >= 0.6 is 0 Å². The van der Waals surface area contributed by atoms with Crippen molar-refractivity contribution in [3.8, 4) is 5.75 Å². The Labute approximate surface area is 728 Å². The number of carbonyl (C=O) groups is 15. The number of nitrogens with zero attached hydrogens (tertiary/aromatic N) is 1. The number of aromatic nitrogens is 1. The maximum absolute atomic E-state index is 15.4. The topological polar surface area (TPSA) is 609 Å². The van der Waals surface area contributed by atoms with Gasteiger partial charge in [0.05, 0.1) is 38.5 Å². The second-order valence-corrected chi connectivity index (χ2v) is 32.1. The molecule has 0 radical (unpaired) electrons. The molecule has 2 fully saturated rings. The number of aromatic hydroxyl groups is 1. The number of Topliss-reactive ketones (excluding diaryl/α,β-unsaturated/α-hetero) is 2. The number of nitrogens with one attached hydrogen (secondary N) is 15. The Morgan fingerprint density at radius 2 is 1.17 bits per heavy atom. The van der Waals surface area contributed by atoms with E-state index < -0.39 is 219 Å². The van der Waals surface area contributed by atoms with Gasteiger partial charge in [0.25, 0.3) is 5.91 Å². The molecule has 2 aliphatic rings. The van der Waals surface area contributed by atoms with Gasteiger partial charge in [0, 0.05) is 68.7 Å². The van der Waals surface area contributed by atoms with Gasteiger partial charge in [-0.3, -0.25) is 77.3 Å². The molecule has 3 aromatic carbocycles. The minimum Gasteiger partial charge on any atom is -0.508 e. The lowest BCUT2D eigenvalue weighted by Crippen LogP contribution is -2.62. The number of H-pyrrole nitrogens is 1. The SMILES string of the molecule is CCCCCCCCCCCCCCCC(=O)NCC(=O)C(=O)N[C@@H](CO)C(=O)N[C@@H](CO)C(=O)N[C@@H](Cc1ccc(O)cc1)C(=O)N[C@H](C(=O)N[C@@H](CCCC)C(=O)N[C@H]1CCC(=O)CNCCCC[C@@H](C(N)=O)NC(=O)[C@H](Cc2c[nH]c3ccccc23)NC(=O)[C@H](CCCNC(=N)N)NC(=O)[C@@H](Cc2ccccc2)NC(=O)[C@@H]2C[C@@H](O)CN2C1=O)C(C)O. The quantitative estimate of drug-likeness (QED) is 0.0113. The number of guanidine groups is 1. The van der Waals surface area contributed by atoms with Crippen molar-refractivity contribution in [1.82, 2.24) is 79.0 Å². The predicted molar refractivity (Wildman–Crippen MR) is 462 cm³/mol. The first kappa shape index (κ1) is 102. The number of benzene rings is 3. The number of phenols is 1. The second-order valence-electron chi connectivity index (χ2n) is 32.1. The summed E-state index contributed by atoms with van der Waals surface area (Å²) in [6.07, 6.45) is 11.9. The van der Waals surface area contributed by atoms with Gasteiger partial charge in [-0.25, -0.2) is 0 Å². The highest BCUT2D eigenvalue weighted by Crippen LogP contribution is 2.24. The first-order chi connectivity index (χ1) is 59.9. The van der Waals surface area contributed by atoms with Crippen molar-refractivity contribution in [3.63, 3.8) is 0 Å². The van der Waals surface area contributed by atoms with Crippen LogP contribution in [0.5, 0.6) is 5.75 Å². The fourth-order valence-corrected chi connectivity index (χ4v) is 14.7. The number of rotatable bonds is 45. The van der Waals surface area contributed by atoms with Gasteiger partial charge in [0.2, 0.25) is 76.7 Å². The number of aliphatic hydroxyl groups is 4. The van der Waals surface area contributed by atoms with Gasteiger partial charge < -0.3 is 116 Å². The van der Waals surface area contributed by atoms with Gasteiger partial charge in [0.1, 0.15) is 78.0 Å². The minimum absolute atomic E-state index is 0.0155. The summed E-state index contributed by atoms with van der Waals surface area (Å²) in [6, 6.07) is 2.78. The molecule has 13 atom stereocenters. The summed E-state index contributed by atoms with van der Waals surface area (Å²) in [6.45, 7) is 1.48. The number of phenolic OH excluding ortho intramolecular Hbond substituents is 1. The average Bonchev–Trinajstić information content (AvgIpc) is 1.65. The number of primary amides is 1. The third-order valence-corrected chi connectivity index (χ3v) is 21.9. The molecule has 38 heteroatoms. The van der Waals surface area contributed by atoms with E-state index >= 15 is 14.4 Å². The summed E-state index contributed by atoms with van der Waals surface area (Å²) in [5.41, 5.74) is 13.6. The number of amides is 13. The van der Waals surface area contributed by atoms with Crippen molar-refractivity contribution < 1.29 is 97.5 Å². The Bertz CT molecular complexity index is 4210. The van der Waals surface area contributed by atoms with Crippen molar-refractivity contribution in [3.05, 3.63) is 102 Å². The number of hydrogen-bond acceptors (Lipinski definition) is 22. The molecule has 0 saturated carbocycles. The van der Waals surface area contributed by atoms with Gasteiger partial charge in [-0.1, -0.05) is 164 Å². The van der Waals surface area contributed by atoms with Crippen molar-refractivity contribution in [2.24, 2.45) is 11.5 Å². The number of nitrogens with two attached hydrogens (primary N) is 2. The van der Waals surface area contributed by atoms with E-state index in [0.29, 0.717) is 30.4 Å². The van der Waals surface area contributed by atoms with E-state index in [4.69, 9.17) is 16.9 Å². The Kier molecular flexibility index (Phi) is 45.0. The van der Waals surface area contributed by atoms with E-state index in [1.165, 1.54) is 69.2 Å². The van der Waals surface area contributed by atoms with E-state index in [1.54, 1.807) is 55.6 Å². The summed E-state index contributed by atoms with van der Waals surface area (Å²) in [5, 5.41) is 95.0. The molecule has 2 saturated heterocycles. The number of para-hydroxylation sites is 1. The van der Waals surface area contributed by atoms with Crippen LogP contribution in [0, 0.1) is 5.41 Å². The molecule has 1 unspecified atom stereocenters. The van der Waals surface area contributed by atoms with Gasteiger partial charge in [0.15, 0.2) is 5.96 Å². The third kappa shape index (κ3) is 36.0. The number of hydrogen-bond donors (Lipinski definition) is 22. The molecule has 2 aliphatic heterocycles. The van der Waals surface area contributed by atoms with Crippen LogP contribution in [-0.2, 0) is 91.2 Å². The second kappa shape index (κ2) is 55.0. The molecule has 0 aliphatic carbocycles. The van der Waals surface area contributed by atoms with Crippen molar-refractivity contribution >= 4 is 105 Å². The van der Waals surface area contributed by atoms with Crippen LogP contribution in [0.3, 0.4) is 0 Å². The molecule has 13 amide bonds. The first-order valence-corrected chi connectivity index (χ1v) is 43.6. The Morgan fingerprint density at radius 3 is 1.81 bits per heavy atom. The maximum Gasteiger partial charge on any atom is 0.290 e. The zero-order valence-electron chi connectivity index (χ0n) is 71.8. The highest BCUT2D eigenvalue weighted by molar-refractivity contribution is 6.37. The summed E-state index contributed by atoms with van der Waals surface area (Å²) in [5.74, 6) is -15.5. The Hall–Kier alpha value is -11.5. The molecule has 3 heterocycles. The largest absolute Gasteiger partial charge is 0.508 e. The number of ketones is 2. The molecule has 24 N–H and O–H groups in total. The van der Waals surface area contributed by atoms with Crippen LogP contribution in [0.25, 0.3) is 10.9 Å². The first-order valence-electron chi connectivity index (χ1n) is 43.6. The lowest BCUT2D eigenvalue weighted by Gasteiger charge is -2.31. The van der Waals surface area contributed by atoms with E-state index in [1.807, 2.05) is 17.4 Å². The van der Waals surface area contributed by atoms with E-state index in [9.17, 15) is 83.1 Å². The summed E-state index contributed by atoms with van der Waals surface area (Å²) in [7, 11) is 0. The summed E-state index contributed by atoms with van der Waals surface area (Å²) < 4.78 is 0. The molecule has 125 heavy (non-hydrogen) atoms. The molecule has 1 aromatic heterocycles. The van der Waals surface area contributed by atoms with E-state index in [0.717, 1.165) is 54.8 Å². The zero-order valence-corrected chi connectivity index (χ0v) is 71.8. The van der Waals surface area contributed by atoms with Crippen LogP contribution in [-0.4, -0.2) is 254 Å². The predicted octanol–water partition coefficient (Wildman–Crippen LogP) is -0.695. The van der Waals surface area contributed by atoms with Gasteiger partial charge in [-0.2, -0.15) is 0 Å². The average molecular weight is 1750 g/mol. The van der Waals surface area contributed by atoms with Gasteiger partial charge >= 0.3 is 0 Å². The third-order valence-electron chi connectivity index (χ3n) is 21.9. The van der Waals surface area contributed by atoms with E-state index in [-0.39, 0.29) is 94.7 Å². The fraction of sp³-hybridized carbons (Fsp3) is 0.586. The number of carbonyl (C=O) groups excluding carboxylic acids is 15. The molecular weight excluding hydrogens is 1620 g/mol. The molecular formula is C87H130N18O20. The lowest BCUT2D eigenvalue weighted by atomic mass is 10.0. The highest BCUT2D eigenvalue weighted by Gasteiger charge is 2.44. The van der Waals surface area contributed by atoms with E-state index in [2.05, 4.69) is 75.7 Å². The van der Waals surface area contributed by atoms with Gasteiger partial charge in [-0.05, 0) is 99.7 Å². The van der Waals surface area contributed by atoms with Crippen molar-refractivity contribution in [1.29, 1.82) is 5.41 Å². The standard InChI is InChI=1S/C87H130N18O20/c1-4-6-8-9-10-11-12-13-14-15-16-17-21-34-73(113)94-49-72(112)84(123)103-70(52-107)82(121)102-69(51-106)81(120)99-67(44-55-35-37-57(109)38-36-55)80(119)104-74(53(3)108)85(124)97-63(30-7-5-2)76(115)98-65-40-39-58(110)48-91-41-25-24-32-62(75(88)114)95-79(118)68(45-56-47-93-61-31-23-22-29-60(56)61)100-77(116)64(33-26-42-92-87(89)90)96-78(117)66(43-54-27-19-18-20-28-54)101-83(122)71-46-59(111)50-105(71)86(65)125/h18-20,22-23,27-29,31,35-38,47,53,59,62-71,74,91,93,106-109,111H,4-17,21,24-26,30,32-34,39-46,48-52H2,1-3H3,(H2,88,114)(H,94,113)(H,95,118)(H,96,117)(H,97,124)(H,98,115)(H,99,120)(H,100,116)(H,101,122)(H,102,121)(H,103,123)(H,104,119)(H4,89,90,92)/t53?,59-,62+,63+,64+,65+,66-,67+,68+,69+,70+,71+,74+/m1/s1. The maximum atomic E-state index is 15.4. The number of unbranched alkanes of at least 4 members (excludes halogenated alkanes) is 13. The lowest BCUT2D eigenvalue weighted by molar-refractivity contribution is -0.143. The molecule has 688 valence electrons. The molecule has 0 spiro atoms. The Balaban J connectivity index is 1.20. The monoisotopic (exact) mass is 1750 g/mol. The number of aromatic amines is 1. The Morgan fingerprint density at radius 1 is 0.592 bits per heavy atom. The van der Waals surface area contributed by atoms with Crippen molar-refractivity contribution in [2.75, 3.05) is 45.9 Å². The molecule has 0 bridgehead atoms. The molecule has 6 rings (SSSR count). The van der Waals surface area contributed by atoms with Crippen molar-refractivity contribution in [2.45, 2.75) is 279 Å². The van der Waals surface area contributed by atoms with Crippen LogP contribution in [0.4, 0.5) is 0 Å². The number of fused-ring (bicyclic) bond motifs is 2. The van der Waals surface area contributed by atoms with Crippen LogP contribution in [0.15, 0.2) is 85.1 Å². The molecule has 4 aromatic rings. The normalized spacial score (nSPS) is 19.8. The summed E-state index contributed by atoms with van der Waals surface area (Å²) >= 11 is 0. The van der Waals surface area contributed by atoms with Crippen LogP contribution < -0.4 is 80.6 Å². The number of aliphatic hydroxyl groups excluding tert-OH is 4. The van der Waals surface area contributed by atoms with Gasteiger partial charge in [-0.15, -0.1) is 0 Å².